The highest BCUT2D eigenvalue weighted by molar-refractivity contribution is 8.00. The average molecular weight is 230 g/mol. The van der Waals surface area contributed by atoms with E-state index in [0.29, 0.717) is 5.75 Å². The summed E-state index contributed by atoms with van der Waals surface area (Å²) < 4.78 is 0. The van der Waals surface area contributed by atoms with Gasteiger partial charge in [0.15, 0.2) is 5.78 Å². The Morgan fingerprint density at radius 1 is 1.64 bits per heavy atom. The van der Waals surface area contributed by atoms with Gasteiger partial charge in [-0.2, -0.15) is 0 Å². The summed E-state index contributed by atoms with van der Waals surface area (Å²) in [6, 6.07) is 3.82. The largest absolute Gasteiger partial charge is 0.395 e. The smallest absolute Gasteiger partial charge is 0.182 e. The number of aliphatic hydroxyl groups excluding tert-OH is 1. The second kappa shape index (κ2) is 5.53. The Labute approximate surface area is 92.3 Å². The minimum absolute atomic E-state index is 0.126. The van der Waals surface area contributed by atoms with Crippen LogP contribution in [0.2, 0.25) is 0 Å². The first-order valence-corrected chi connectivity index (χ1v) is 6.32. The lowest BCUT2D eigenvalue weighted by atomic mass is 10.3. The van der Waals surface area contributed by atoms with Crippen LogP contribution >= 0.6 is 23.1 Å². The molecule has 1 aromatic rings. The summed E-state index contributed by atoms with van der Waals surface area (Å²) in [5.74, 6) is 0.621. The lowest BCUT2D eigenvalue weighted by Crippen LogP contribution is -2.08. The fourth-order valence-electron chi connectivity index (χ4n) is 0.926. The van der Waals surface area contributed by atoms with Crippen molar-refractivity contribution < 1.29 is 9.90 Å². The molecule has 0 saturated heterocycles. The van der Waals surface area contributed by atoms with Crippen molar-refractivity contribution in [3.05, 3.63) is 21.9 Å². The van der Waals surface area contributed by atoms with Gasteiger partial charge in [0.25, 0.3) is 0 Å². The van der Waals surface area contributed by atoms with Crippen molar-refractivity contribution in [1.82, 2.24) is 0 Å². The van der Waals surface area contributed by atoms with Gasteiger partial charge in [-0.3, -0.25) is 4.79 Å². The van der Waals surface area contributed by atoms with Gasteiger partial charge in [0, 0.05) is 10.1 Å². The molecular weight excluding hydrogens is 216 g/mol. The van der Waals surface area contributed by atoms with Crippen LogP contribution in [0.5, 0.6) is 0 Å². The number of aliphatic hydroxyl groups is 1. The third kappa shape index (κ3) is 3.44. The lowest BCUT2D eigenvalue weighted by Gasteiger charge is -2.05. The lowest BCUT2D eigenvalue weighted by molar-refractivity contribution is 0.102. The Morgan fingerprint density at radius 3 is 2.86 bits per heavy atom. The molecule has 0 radical (unpaired) electrons. The third-order valence-electron chi connectivity index (χ3n) is 1.77. The fourth-order valence-corrected chi connectivity index (χ4v) is 2.52. The second-order valence-electron chi connectivity index (χ2n) is 3.14. The third-order valence-corrected chi connectivity index (χ3v) is 3.96. The molecule has 0 amide bonds. The highest BCUT2D eigenvalue weighted by atomic mass is 32.2. The molecule has 2 nitrogen and oxygen atoms in total. The van der Waals surface area contributed by atoms with Gasteiger partial charge in [-0.05, 0) is 19.1 Å². The average Bonchev–Trinajstić information content (AvgIpc) is 2.60. The van der Waals surface area contributed by atoms with Gasteiger partial charge < -0.3 is 5.11 Å². The van der Waals surface area contributed by atoms with E-state index in [-0.39, 0.29) is 17.6 Å². The van der Waals surface area contributed by atoms with Crippen LogP contribution in [-0.4, -0.2) is 28.5 Å². The number of thioether (sulfide) groups is 1. The number of carbonyl (C=O) groups excluding carboxylic acids is 1. The summed E-state index contributed by atoms with van der Waals surface area (Å²) in [5.41, 5.74) is 0. The van der Waals surface area contributed by atoms with Crippen LogP contribution < -0.4 is 0 Å². The highest BCUT2D eigenvalue weighted by Crippen LogP contribution is 2.19. The number of carbonyl (C=O) groups is 1. The van der Waals surface area contributed by atoms with Gasteiger partial charge in [-0.1, -0.05) is 6.92 Å². The predicted octanol–water partition coefficient (Wildman–Crippen LogP) is 2.35. The van der Waals surface area contributed by atoms with Gasteiger partial charge in [-0.25, -0.2) is 0 Å². The zero-order valence-corrected chi connectivity index (χ0v) is 9.95. The van der Waals surface area contributed by atoms with E-state index in [2.05, 4.69) is 0 Å². The topological polar surface area (TPSA) is 37.3 Å². The summed E-state index contributed by atoms with van der Waals surface area (Å²) >= 11 is 3.03. The molecule has 4 heteroatoms. The number of hydrogen-bond donors (Lipinski definition) is 1. The molecule has 0 bridgehead atoms. The van der Waals surface area contributed by atoms with Crippen molar-refractivity contribution in [3.8, 4) is 0 Å². The number of thiophene rings is 1. The zero-order chi connectivity index (χ0) is 10.6. The maximum Gasteiger partial charge on any atom is 0.182 e. The molecule has 1 rings (SSSR count). The van der Waals surface area contributed by atoms with Crippen LogP contribution in [0.4, 0.5) is 0 Å². The monoisotopic (exact) mass is 230 g/mol. The minimum atomic E-state index is 0.126. The molecule has 0 fully saturated rings. The van der Waals surface area contributed by atoms with Crippen LogP contribution in [0, 0.1) is 6.92 Å². The second-order valence-corrected chi connectivity index (χ2v) is 5.85. The maximum atomic E-state index is 11.6. The first kappa shape index (κ1) is 11.8. The molecule has 78 valence electrons. The van der Waals surface area contributed by atoms with E-state index < -0.39 is 0 Å². The Hall–Kier alpha value is -0.320. The molecule has 0 aliphatic rings. The SMILES string of the molecule is Cc1ccc(C(=O)CSC(C)CO)s1. The Balaban J connectivity index is 2.43. The molecule has 1 aromatic heterocycles. The number of hydrogen-bond acceptors (Lipinski definition) is 4. The van der Waals surface area contributed by atoms with Crippen LogP contribution in [-0.2, 0) is 0 Å². The molecule has 1 heterocycles. The van der Waals surface area contributed by atoms with Crippen LogP contribution in [0.15, 0.2) is 12.1 Å². The first-order chi connectivity index (χ1) is 6.63. The fraction of sp³-hybridized carbons (Fsp3) is 0.500. The number of Topliss-reactive ketones (excluding diaryl/α,β-unsaturated/α-hetero) is 1. The van der Waals surface area contributed by atoms with Gasteiger partial charge in [-0.15, -0.1) is 23.1 Å². The minimum Gasteiger partial charge on any atom is -0.395 e. The quantitative estimate of drug-likeness (QED) is 0.789. The standard InChI is InChI=1S/C10H14O2S2/c1-7-3-4-10(14-7)9(12)6-13-8(2)5-11/h3-4,8,11H,5-6H2,1-2H3. The molecule has 0 aromatic carbocycles. The van der Waals surface area contributed by atoms with Gasteiger partial charge >= 0.3 is 0 Å². The highest BCUT2D eigenvalue weighted by Gasteiger charge is 2.10. The van der Waals surface area contributed by atoms with Crippen molar-refractivity contribution in [2.45, 2.75) is 19.1 Å². The summed E-state index contributed by atoms with van der Waals surface area (Å²) in [7, 11) is 0. The Kier molecular flexibility index (Phi) is 4.65. The number of ketones is 1. The molecule has 0 spiro atoms. The van der Waals surface area contributed by atoms with Crippen molar-refractivity contribution in [2.24, 2.45) is 0 Å². The van der Waals surface area contributed by atoms with E-state index in [9.17, 15) is 4.79 Å². The normalized spacial score (nSPS) is 12.8. The zero-order valence-electron chi connectivity index (χ0n) is 8.32. The Morgan fingerprint density at radius 2 is 2.36 bits per heavy atom. The molecular formula is C10H14O2S2. The Bertz CT molecular complexity index is 307. The summed E-state index contributed by atoms with van der Waals surface area (Å²) in [6.45, 7) is 4.03. The van der Waals surface area contributed by atoms with E-state index in [4.69, 9.17) is 5.11 Å². The number of aryl methyl sites for hydroxylation is 1. The van der Waals surface area contributed by atoms with Crippen LogP contribution in [0.3, 0.4) is 0 Å². The van der Waals surface area contributed by atoms with E-state index >= 15 is 0 Å². The van der Waals surface area contributed by atoms with Gasteiger partial charge in [0.2, 0.25) is 0 Å². The molecule has 14 heavy (non-hydrogen) atoms. The van der Waals surface area contributed by atoms with E-state index in [0.717, 1.165) is 9.75 Å². The molecule has 0 saturated carbocycles. The number of rotatable bonds is 5. The predicted molar refractivity (Wildman–Crippen MR) is 62.4 cm³/mol. The molecule has 1 N–H and O–H groups in total. The van der Waals surface area contributed by atoms with Crippen LogP contribution in [0.1, 0.15) is 21.5 Å². The van der Waals surface area contributed by atoms with Crippen molar-refractivity contribution >= 4 is 28.9 Å². The summed E-state index contributed by atoms with van der Waals surface area (Å²) in [5, 5.41) is 8.93. The van der Waals surface area contributed by atoms with E-state index in [1.54, 1.807) is 0 Å². The molecule has 0 aliphatic carbocycles. The van der Waals surface area contributed by atoms with E-state index in [1.807, 2.05) is 26.0 Å². The van der Waals surface area contributed by atoms with Crippen molar-refractivity contribution in [1.29, 1.82) is 0 Å². The van der Waals surface area contributed by atoms with Gasteiger partial charge in [0.1, 0.15) is 0 Å². The molecule has 0 aliphatic heterocycles. The first-order valence-electron chi connectivity index (χ1n) is 4.45. The summed E-state index contributed by atoms with van der Waals surface area (Å²) in [6.07, 6.45) is 0. The van der Waals surface area contributed by atoms with Crippen molar-refractivity contribution in [3.63, 3.8) is 0 Å². The molecule has 1 atom stereocenters. The summed E-state index contributed by atoms with van der Waals surface area (Å²) in [4.78, 5) is 13.6. The molecule has 1 unspecified atom stereocenters. The van der Waals surface area contributed by atoms with Crippen molar-refractivity contribution in [2.75, 3.05) is 12.4 Å². The maximum absolute atomic E-state index is 11.6. The van der Waals surface area contributed by atoms with Crippen LogP contribution in [0.25, 0.3) is 0 Å². The van der Waals surface area contributed by atoms with Gasteiger partial charge in [0.05, 0.1) is 17.2 Å². The van der Waals surface area contributed by atoms with E-state index in [1.165, 1.54) is 23.1 Å².